The molecule has 0 aromatic heterocycles. The standard InChI is InChI=1S/C16H17ClFN3O5/c1-20-8-14(23)21(16(20)25)6-2-3-15(24)26-9-13(22)19-10-4-5-12(18)11(17)7-10/h4-5,7H,2-3,6,8-9H2,1H3,(H,19,22). The summed E-state index contributed by atoms with van der Waals surface area (Å²) in [4.78, 5) is 48.9. The van der Waals surface area contributed by atoms with Crippen molar-refractivity contribution >= 4 is 41.1 Å². The maximum atomic E-state index is 13.0. The van der Waals surface area contributed by atoms with Gasteiger partial charge in [-0.1, -0.05) is 11.6 Å². The summed E-state index contributed by atoms with van der Waals surface area (Å²) in [6.07, 6.45) is 0.190. The highest BCUT2D eigenvalue weighted by atomic mass is 35.5. The van der Waals surface area contributed by atoms with Gasteiger partial charge in [-0.25, -0.2) is 9.18 Å². The molecule has 2 rings (SSSR count). The number of carbonyl (C=O) groups excluding carboxylic acids is 4. The molecular weight excluding hydrogens is 369 g/mol. The van der Waals surface area contributed by atoms with Gasteiger partial charge in [0.05, 0.1) is 5.02 Å². The fourth-order valence-electron chi connectivity index (χ4n) is 2.26. The predicted octanol–water partition coefficient (Wildman–Crippen LogP) is 1.64. The molecule has 0 atom stereocenters. The molecule has 1 N–H and O–H groups in total. The second kappa shape index (κ2) is 8.61. The number of nitrogens with zero attached hydrogens (tertiary/aromatic N) is 2. The quantitative estimate of drug-likeness (QED) is 0.568. The summed E-state index contributed by atoms with van der Waals surface area (Å²) in [7, 11) is 1.52. The number of hydrogen-bond donors (Lipinski definition) is 1. The Labute approximate surface area is 153 Å². The van der Waals surface area contributed by atoms with Crippen molar-refractivity contribution in [2.24, 2.45) is 0 Å². The first-order chi connectivity index (χ1) is 12.3. The lowest BCUT2D eigenvalue weighted by Gasteiger charge is -2.13. The summed E-state index contributed by atoms with van der Waals surface area (Å²) >= 11 is 5.60. The molecule has 1 saturated heterocycles. The van der Waals surface area contributed by atoms with Crippen molar-refractivity contribution < 1.29 is 28.3 Å². The fourth-order valence-corrected chi connectivity index (χ4v) is 2.44. The molecule has 1 heterocycles. The van der Waals surface area contributed by atoms with Gasteiger partial charge in [-0.15, -0.1) is 0 Å². The monoisotopic (exact) mass is 385 g/mol. The molecule has 1 aromatic carbocycles. The Morgan fingerprint density at radius 3 is 2.69 bits per heavy atom. The van der Waals surface area contributed by atoms with Crippen molar-refractivity contribution in [1.29, 1.82) is 0 Å². The van der Waals surface area contributed by atoms with Crippen LogP contribution in [0.4, 0.5) is 14.9 Å². The number of imide groups is 1. The van der Waals surface area contributed by atoms with Gasteiger partial charge in [-0.2, -0.15) is 0 Å². The van der Waals surface area contributed by atoms with Gasteiger partial charge in [0.25, 0.3) is 5.91 Å². The first-order valence-corrected chi connectivity index (χ1v) is 8.11. The molecule has 0 aliphatic carbocycles. The van der Waals surface area contributed by atoms with Crippen LogP contribution in [0.25, 0.3) is 0 Å². The summed E-state index contributed by atoms with van der Waals surface area (Å²) < 4.78 is 17.8. The van der Waals surface area contributed by atoms with Crippen LogP contribution >= 0.6 is 11.6 Å². The second-order valence-electron chi connectivity index (χ2n) is 5.63. The summed E-state index contributed by atoms with van der Waals surface area (Å²) in [5.74, 6) is -2.17. The highest BCUT2D eigenvalue weighted by Gasteiger charge is 2.32. The third-order valence-corrected chi connectivity index (χ3v) is 3.85. The Hall–Kier alpha value is -2.68. The van der Waals surface area contributed by atoms with E-state index in [2.05, 4.69) is 5.32 Å². The lowest BCUT2D eigenvalue weighted by molar-refractivity contribution is -0.147. The predicted molar refractivity (Wildman–Crippen MR) is 90.0 cm³/mol. The Morgan fingerprint density at radius 1 is 1.35 bits per heavy atom. The summed E-state index contributed by atoms with van der Waals surface area (Å²) in [6.45, 7) is -0.383. The largest absolute Gasteiger partial charge is 0.456 e. The molecule has 10 heteroatoms. The summed E-state index contributed by atoms with van der Waals surface area (Å²) in [5.41, 5.74) is 0.271. The normalized spacial score (nSPS) is 14.0. The van der Waals surface area contributed by atoms with E-state index < -0.39 is 30.3 Å². The van der Waals surface area contributed by atoms with Crippen LogP contribution in [0.15, 0.2) is 18.2 Å². The Kier molecular flexibility index (Phi) is 6.51. The lowest BCUT2D eigenvalue weighted by atomic mass is 10.3. The summed E-state index contributed by atoms with van der Waals surface area (Å²) in [6, 6.07) is 3.25. The molecule has 0 radical (unpaired) electrons. The molecule has 1 aromatic rings. The average molecular weight is 386 g/mol. The summed E-state index contributed by atoms with van der Waals surface area (Å²) in [5, 5.41) is 2.27. The highest BCUT2D eigenvalue weighted by molar-refractivity contribution is 6.31. The number of nitrogens with one attached hydrogen (secondary N) is 1. The number of ether oxygens (including phenoxy) is 1. The number of hydrogen-bond acceptors (Lipinski definition) is 5. The molecular formula is C16H17ClFN3O5. The first kappa shape index (κ1) is 19.6. The highest BCUT2D eigenvalue weighted by Crippen LogP contribution is 2.19. The average Bonchev–Trinajstić information content (AvgIpc) is 2.82. The van der Waals surface area contributed by atoms with Gasteiger partial charge < -0.3 is 15.0 Å². The molecule has 0 bridgehead atoms. The minimum absolute atomic E-state index is 0.0247. The number of anilines is 1. The molecule has 140 valence electrons. The molecule has 8 nitrogen and oxygen atoms in total. The fraction of sp³-hybridized carbons (Fsp3) is 0.375. The van der Waals surface area contributed by atoms with Gasteiger partial charge in [-0.05, 0) is 24.6 Å². The van der Waals surface area contributed by atoms with E-state index in [1.54, 1.807) is 0 Å². The van der Waals surface area contributed by atoms with Crippen LogP contribution in [0.3, 0.4) is 0 Å². The second-order valence-corrected chi connectivity index (χ2v) is 6.03. The van der Waals surface area contributed by atoms with Crippen LogP contribution in [-0.4, -0.2) is 60.4 Å². The molecule has 0 spiro atoms. The number of rotatable bonds is 7. The smallest absolute Gasteiger partial charge is 0.326 e. The van der Waals surface area contributed by atoms with Crippen LogP contribution in [0.2, 0.25) is 5.02 Å². The van der Waals surface area contributed by atoms with Gasteiger partial charge in [0.15, 0.2) is 6.61 Å². The minimum atomic E-state index is -0.635. The van der Waals surface area contributed by atoms with E-state index in [4.69, 9.17) is 16.3 Å². The van der Waals surface area contributed by atoms with Crippen molar-refractivity contribution in [3.8, 4) is 0 Å². The van der Waals surface area contributed by atoms with Gasteiger partial charge in [0.2, 0.25) is 5.91 Å². The van der Waals surface area contributed by atoms with Crippen molar-refractivity contribution in [2.45, 2.75) is 12.8 Å². The van der Waals surface area contributed by atoms with E-state index >= 15 is 0 Å². The number of benzene rings is 1. The number of esters is 1. The Balaban J connectivity index is 1.68. The third-order valence-electron chi connectivity index (χ3n) is 3.56. The third kappa shape index (κ3) is 5.16. The zero-order valence-corrected chi connectivity index (χ0v) is 14.7. The molecule has 0 saturated carbocycles. The number of amides is 4. The molecule has 26 heavy (non-hydrogen) atoms. The van der Waals surface area contributed by atoms with Gasteiger partial charge in [-0.3, -0.25) is 19.3 Å². The zero-order chi connectivity index (χ0) is 19.3. The van der Waals surface area contributed by atoms with E-state index in [0.717, 1.165) is 11.0 Å². The van der Waals surface area contributed by atoms with Crippen LogP contribution in [0.1, 0.15) is 12.8 Å². The van der Waals surface area contributed by atoms with Crippen molar-refractivity contribution in [3.63, 3.8) is 0 Å². The minimum Gasteiger partial charge on any atom is -0.456 e. The van der Waals surface area contributed by atoms with Crippen LogP contribution in [-0.2, 0) is 19.1 Å². The molecule has 1 aliphatic rings. The Bertz CT molecular complexity index is 743. The van der Waals surface area contributed by atoms with E-state index in [9.17, 15) is 23.6 Å². The molecule has 4 amide bonds. The zero-order valence-electron chi connectivity index (χ0n) is 14.0. The van der Waals surface area contributed by atoms with Crippen molar-refractivity contribution in [1.82, 2.24) is 9.80 Å². The topological polar surface area (TPSA) is 96.0 Å². The van der Waals surface area contributed by atoms with E-state index in [1.807, 2.05) is 0 Å². The number of carbonyl (C=O) groups is 4. The lowest BCUT2D eigenvalue weighted by Crippen LogP contribution is -2.32. The van der Waals surface area contributed by atoms with Crippen LogP contribution in [0.5, 0.6) is 0 Å². The first-order valence-electron chi connectivity index (χ1n) is 7.74. The molecule has 1 fully saturated rings. The van der Waals surface area contributed by atoms with Gasteiger partial charge >= 0.3 is 12.0 Å². The maximum absolute atomic E-state index is 13.0. The Morgan fingerprint density at radius 2 is 2.08 bits per heavy atom. The molecule has 1 aliphatic heterocycles. The SMILES string of the molecule is CN1CC(=O)N(CCCC(=O)OCC(=O)Nc2ccc(F)c(Cl)c2)C1=O. The van der Waals surface area contributed by atoms with Crippen molar-refractivity contribution in [2.75, 3.05) is 32.1 Å². The van der Waals surface area contributed by atoms with Gasteiger partial charge in [0, 0.05) is 25.7 Å². The van der Waals surface area contributed by atoms with Crippen molar-refractivity contribution in [3.05, 3.63) is 29.0 Å². The van der Waals surface area contributed by atoms with Gasteiger partial charge in [0.1, 0.15) is 12.4 Å². The number of likely N-dealkylation sites (N-methyl/N-ethyl adjacent to an activating group) is 1. The van der Waals surface area contributed by atoms with E-state index in [0.29, 0.717) is 0 Å². The molecule has 0 unspecified atom stereocenters. The van der Waals surface area contributed by atoms with Crippen LogP contribution in [0, 0.1) is 5.82 Å². The number of urea groups is 1. The van der Waals surface area contributed by atoms with E-state index in [-0.39, 0.29) is 42.5 Å². The maximum Gasteiger partial charge on any atom is 0.326 e. The van der Waals surface area contributed by atoms with Crippen LogP contribution < -0.4 is 5.32 Å². The van der Waals surface area contributed by atoms with E-state index in [1.165, 1.54) is 24.1 Å². The number of halogens is 2.